The topological polar surface area (TPSA) is 17.1 Å². The number of rotatable bonds is 4. The minimum Gasteiger partial charge on any atom is -0.298 e. The Morgan fingerprint density at radius 1 is 1.12 bits per heavy atom. The number of aryl methyl sites for hydroxylation is 1. The molecule has 2 rings (SSSR count). The average molecular weight is 242 g/mol. The lowest BCUT2D eigenvalue weighted by Crippen LogP contribution is -1.86. The van der Waals surface area contributed by atoms with E-state index in [1.54, 1.807) is 11.8 Å². The third kappa shape index (κ3) is 3.21. The standard InChI is InChI=1S/C15H14OS/c1-12-5-2-3-7-14(12)11-17-15-8-4-6-13(9-15)10-16/h2-10H,11H2,1H3. The molecule has 86 valence electrons. The molecule has 0 radical (unpaired) electrons. The normalized spacial score (nSPS) is 10.2. The lowest BCUT2D eigenvalue weighted by Gasteiger charge is -2.05. The minimum atomic E-state index is 0.736. The molecule has 0 heterocycles. The number of hydrogen-bond acceptors (Lipinski definition) is 2. The summed E-state index contributed by atoms with van der Waals surface area (Å²) < 4.78 is 0. The second-order valence-electron chi connectivity index (χ2n) is 3.91. The third-order valence-electron chi connectivity index (χ3n) is 2.65. The van der Waals surface area contributed by atoms with Crippen molar-refractivity contribution < 1.29 is 4.79 Å². The van der Waals surface area contributed by atoms with Crippen molar-refractivity contribution in [1.29, 1.82) is 0 Å². The fourth-order valence-electron chi connectivity index (χ4n) is 1.61. The summed E-state index contributed by atoms with van der Waals surface area (Å²) >= 11 is 1.76. The molecule has 0 aliphatic heterocycles. The van der Waals surface area contributed by atoms with E-state index in [2.05, 4.69) is 31.2 Å². The molecule has 0 spiro atoms. The van der Waals surface area contributed by atoms with Gasteiger partial charge in [-0.1, -0.05) is 36.4 Å². The summed E-state index contributed by atoms with van der Waals surface area (Å²) in [7, 11) is 0. The van der Waals surface area contributed by atoms with E-state index in [0.29, 0.717) is 0 Å². The van der Waals surface area contributed by atoms with Gasteiger partial charge in [0.2, 0.25) is 0 Å². The van der Waals surface area contributed by atoms with Crippen LogP contribution >= 0.6 is 11.8 Å². The van der Waals surface area contributed by atoms with Gasteiger partial charge in [-0.2, -0.15) is 0 Å². The predicted molar refractivity (Wildman–Crippen MR) is 72.6 cm³/mol. The quantitative estimate of drug-likeness (QED) is 0.593. The third-order valence-corrected chi connectivity index (χ3v) is 3.69. The molecule has 0 aliphatic carbocycles. The van der Waals surface area contributed by atoms with Crippen LogP contribution in [0.5, 0.6) is 0 Å². The summed E-state index contributed by atoms with van der Waals surface area (Å²) in [4.78, 5) is 11.8. The van der Waals surface area contributed by atoms with Crippen LogP contribution in [0, 0.1) is 6.92 Å². The minimum absolute atomic E-state index is 0.736. The predicted octanol–water partition coefficient (Wildman–Crippen LogP) is 4.10. The molecular formula is C15H14OS. The molecule has 0 aromatic heterocycles. The Morgan fingerprint density at radius 2 is 1.94 bits per heavy atom. The van der Waals surface area contributed by atoms with Gasteiger partial charge in [-0.3, -0.25) is 4.79 Å². The molecule has 0 saturated heterocycles. The SMILES string of the molecule is Cc1ccccc1CSc1cccc(C=O)c1. The summed E-state index contributed by atoms with van der Waals surface area (Å²) in [5.41, 5.74) is 3.39. The molecule has 0 amide bonds. The van der Waals surface area contributed by atoms with Crippen LogP contribution in [0.1, 0.15) is 21.5 Å². The van der Waals surface area contributed by atoms with Crippen molar-refractivity contribution in [3.8, 4) is 0 Å². The number of thioether (sulfide) groups is 1. The van der Waals surface area contributed by atoms with Crippen LogP contribution < -0.4 is 0 Å². The van der Waals surface area contributed by atoms with Crippen molar-refractivity contribution in [2.75, 3.05) is 0 Å². The summed E-state index contributed by atoms with van der Waals surface area (Å²) in [6.07, 6.45) is 0.887. The first-order valence-electron chi connectivity index (χ1n) is 5.52. The number of hydrogen-bond donors (Lipinski definition) is 0. The summed E-state index contributed by atoms with van der Waals surface area (Å²) in [6, 6.07) is 16.1. The largest absolute Gasteiger partial charge is 0.298 e. The maximum atomic E-state index is 10.7. The number of carbonyl (C=O) groups excluding carboxylic acids is 1. The molecule has 0 saturated carbocycles. The van der Waals surface area contributed by atoms with Gasteiger partial charge >= 0.3 is 0 Å². The zero-order chi connectivity index (χ0) is 12.1. The first-order chi connectivity index (χ1) is 8.29. The highest BCUT2D eigenvalue weighted by Gasteiger charge is 2.00. The Kier molecular flexibility index (Phi) is 3.99. The van der Waals surface area contributed by atoms with Crippen molar-refractivity contribution in [1.82, 2.24) is 0 Å². The van der Waals surface area contributed by atoms with Gasteiger partial charge in [-0.05, 0) is 30.2 Å². The summed E-state index contributed by atoms with van der Waals surface area (Å²) in [5, 5.41) is 0. The van der Waals surface area contributed by atoms with E-state index in [4.69, 9.17) is 0 Å². The monoisotopic (exact) mass is 242 g/mol. The van der Waals surface area contributed by atoms with E-state index in [9.17, 15) is 4.79 Å². The van der Waals surface area contributed by atoms with E-state index in [0.717, 1.165) is 22.5 Å². The second-order valence-corrected chi connectivity index (χ2v) is 4.95. The Labute approximate surface area is 106 Å². The van der Waals surface area contributed by atoms with E-state index in [1.807, 2.05) is 24.3 Å². The highest BCUT2D eigenvalue weighted by molar-refractivity contribution is 7.98. The highest BCUT2D eigenvalue weighted by atomic mass is 32.2. The van der Waals surface area contributed by atoms with Gasteiger partial charge in [0.15, 0.2) is 0 Å². The van der Waals surface area contributed by atoms with E-state index >= 15 is 0 Å². The van der Waals surface area contributed by atoms with Crippen LogP contribution in [0.3, 0.4) is 0 Å². The van der Waals surface area contributed by atoms with Crippen LogP contribution in [-0.2, 0) is 5.75 Å². The van der Waals surface area contributed by atoms with E-state index in [-0.39, 0.29) is 0 Å². The first-order valence-corrected chi connectivity index (χ1v) is 6.51. The average Bonchev–Trinajstić information content (AvgIpc) is 2.38. The van der Waals surface area contributed by atoms with Gasteiger partial charge in [0.25, 0.3) is 0 Å². The van der Waals surface area contributed by atoms with Crippen molar-refractivity contribution in [2.45, 2.75) is 17.6 Å². The first kappa shape index (κ1) is 11.9. The van der Waals surface area contributed by atoms with Crippen LogP contribution in [0.4, 0.5) is 0 Å². The van der Waals surface area contributed by atoms with E-state index < -0.39 is 0 Å². The summed E-state index contributed by atoms with van der Waals surface area (Å²) in [5.74, 6) is 0.939. The van der Waals surface area contributed by atoms with Gasteiger partial charge in [0, 0.05) is 16.2 Å². The molecule has 17 heavy (non-hydrogen) atoms. The van der Waals surface area contributed by atoms with Crippen LogP contribution in [0.15, 0.2) is 53.4 Å². The van der Waals surface area contributed by atoms with Gasteiger partial charge in [-0.15, -0.1) is 11.8 Å². The Bertz CT molecular complexity index is 520. The Hall–Kier alpha value is -1.54. The molecule has 0 aliphatic rings. The fraction of sp³-hybridized carbons (Fsp3) is 0.133. The van der Waals surface area contributed by atoms with Gasteiger partial charge in [0.1, 0.15) is 6.29 Å². The summed E-state index contributed by atoms with van der Waals surface area (Å²) in [6.45, 7) is 2.12. The zero-order valence-corrected chi connectivity index (χ0v) is 10.5. The molecule has 2 aromatic rings. The molecule has 0 bridgehead atoms. The van der Waals surface area contributed by atoms with Crippen molar-refractivity contribution in [3.63, 3.8) is 0 Å². The van der Waals surface area contributed by atoms with Gasteiger partial charge in [-0.25, -0.2) is 0 Å². The fourth-order valence-corrected chi connectivity index (χ4v) is 2.65. The van der Waals surface area contributed by atoms with E-state index in [1.165, 1.54) is 11.1 Å². The Morgan fingerprint density at radius 3 is 2.71 bits per heavy atom. The smallest absolute Gasteiger partial charge is 0.150 e. The van der Waals surface area contributed by atoms with Crippen LogP contribution in [0.2, 0.25) is 0 Å². The number of benzene rings is 2. The number of aldehydes is 1. The maximum Gasteiger partial charge on any atom is 0.150 e. The second kappa shape index (κ2) is 5.69. The molecule has 0 fully saturated rings. The van der Waals surface area contributed by atoms with Gasteiger partial charge < -0.3 is 0 Å². The highest BCUT2D eigenvalue weighted by Crippen LogP contribution is 2.24. The van der Waals surface area contributed by atoms with Crippen molar-refractivity contribution in [2.24, 2.45) is 0 Å². The molecule has 0 N–H and O–H groups in total. The molecule has 0 atom stereocenters. The zero-order valence-electron chi connectivity index (χ0n) is 9.72. The lowest BCUT2D eigenvalue weighted by atomic mass is 10.1. The number of carbonyl (C=O) groups is 1. The molecule has 0 unspecified atom stereocenters. The molecule has 2 aromatic carbocycles. The van der Waals surface area contributed by atoms with Crippen LogP contribution in [-0.4, -0.2) is 6.29 Å². The maximum absolute atomic E-state index is 10.7. The molecule has 2 heteroatoms. The van der Waals surface area contributed by atoms with Crippen molar-refractivity contribution in [3.05, 3.63) is 65.2 Å². The molecular weight excluding hydrogens is 228 g/mol. The van der Waals surface area contributed by atoms with Crippen molar-refractivity contribution >= 4 is 18.0 Å². The van der Waals surface area contributed by atoms with Crippen LogP contribution in [0.25, 0.3) is 0 Å². The lowest BCUT2D eigenvalue weighted by molar-refractivity contribution is 0.112. The molecule has 1 nitrogen and oxygen atoms in total. The van der Waals surface area contributed by atoms with Gasteiger partial charge in [0.05, 0.1) is 0 Å². The Balaban J connectivity index is 2.07.